The van der Waals surface area contributed by atoms with E-state index in [0.717, 1.165) is 5.56 Å². The summed E-state index contributed by atoms with van der Waals surface area (Å²) in [4.78, 5) is 30.6. The number of piperazine rings is 1. The lowest BCUT2D eigenvalue weighted by Crippen LogP contribution is -2.47. The zero-order valence-corrected chi connectivity index (χ0v) is 14.3. The molecule has 1 fully saturated rings. The van der Waals surface area contributed by atoms with Gasteiger partial charge in [-0.05, 0) is 29.8 Å². The average Bonchev–Trinajstić information content (AvgIpc) is 2.63. The van der Waals surface area contributed by atoms with Gasteiger partial charge in [0.2, 0.25) is 0 Å². The molecule has 0 unspecified atom stereocenters. The van der Waals surface area contributed by atoms with E-state index >= 15 is 0 Å². The van der Waals surface area contributed by atoms with Crippen LogP contribution in [0.3, 0.4) is 0 Å². The van der Waals surface area contributed by atoms with Crippen molar-refractivity contribution in [3.05, 3.63) is 54.4 Å². The molecule has 3 amide bonds. The van der Waals surface area contributed by atoms with E-state index in [1.165, 1.54) is 4.90 Å². The zero-order valence-electron chi connectivity index (χ0n) is 14.3. The maximum Gasteiger partial charge on any atom is 0.407 e. The summed E-state index contributed by atoms with van der Waals surface area (Å²) >= 11 is 0. The number of carboxylic acid groups (broad SMARTS) is 1. The Kier molecular flexibility index (Phi) is 5.65. The van der Waals surface area contributed by atoms with Crippen LogP contribution in [0.5, 0.6) is 0 Å². The van der Waals surface area contributed by atoms with Crippen molar-refractivity contribution in [3.8, 4) is 0 Å². The molecule has 0 atom stereocenters. The molecule has 0 saturated carbocycles. The van der Waals surface area contributed by atoms with Crippen molar-refractivity contribution in [1.82, 2.24) is 14.8 Å². The van der Waals surface area contributed by atoms with Crippen molar-refractivity contribution in [3.63, 3.8) is 0 Å². The van der Waals surface area contributed by atoms with E-state index < -0.39 is 6.09 Å². The van der Waals surface area contributed by atoms with Gasteiger partial charge in [0.05, 0.1) is 11.9 Å². The summed E-state index contributed by atoms with van der Waals surface area (Å²) in [7, 11) is 0. The molecule has 1 aromatic carbocycles. The number of anilines is 2. The third kappa shape index (κ3) is 4.93. The van der Waals surface area contributed by atoms with Crippen LogP contribution in [0.1, 0.15) is 5.56 Å². The van der Waals surface area contributed by atoms with Gasteiger partial charge in [0.1, 0.15) is 0 Å². The van der Waals surface area contributed by atoms with Gasteiger partial charge in [0.25, 0.3) is 0 Å². The summed E-state index contributed by atoms with van der Waals surface area (Å²) in [5, 5.41) is 14.5. The Labute approximate surface area is 151 Å². The Morgan fingerprint density at radius 3 is 2.46 bits per heavy atom. The minimum Gasteiger partial charge on any atom is -0.465 e. The van der Waals surface area contributed by atoms with Crippen LogP contribution in [-0.2, 0) is 6.54 Å². The number of rotatable bonds is 4. The minimum absolute atomic E-state index is 0.328. The Morgan fingerprint density at radius 2 is 1.77 bits per heavy atom. The van der Waals surface area contributed by atoms with Gasteiger partial charge in [0, 0.05) is 44.6 Å². The highest BCUT2D eigenvalue weighted by atomic mass is 16.4. The summed E-state index contributed by atoms with van der Waals surface area (Å²) in [5.41, 5.74) is 2.39. The topological polar surface area (TPSA) is 97.8 Å². The number of amides is 3. The van der Waals surface area contributed by atoms with Crippen molar-refractivity contribution in [2.75, 3.05) is 36.8 Å². The SMILES string of the molecule is O=C(Nc1cccnc1)Nc1cccc(CN2CCN(C(=O)O)CC2)c1. The Hall–Kier alpha value is -3.13. The van der Waals surface area contributed by atoms with Crippen molar-refractivity contribution < 1.29 is 14.7 Å². The summed E-state index contributed by atoms with van der Waals surface area (Å²) in [6.45, 7) is 3.14. The molecule has 26 heavy (non-hydrogen) atoms. The maximum atomic E-state index is 12.1. The summed E-state index contributed by atoms with van der Waals surface area (Å²) < 4.78 is 0. The summed E-state index contributed by atoms with van der Waals surface area (Å²) in [5.74, 6) is 0. The molecule has 1 saturated heterocycles. The number of carbonyl (C=O) groups excluding carboxylic acids is 1. The molecular formula is C18H21N5O3. The molecule has 3 N–H and O–H groups in total. The second kappa shape index (κ2) is 8.30. The smallest absolute Gasteiger partial charge is 0.407 e. The van der Waals surface area contributed by atoms with E-state index in [1.54, 1.807) is 24.5 Å². The molecule has 0 aliphatic carbocycles. The third-order valence-electron chi connectivity index (χ3n) is 4.15. The number of aromatic nitrogens is 1. The van der Waals surface area contributed by atoms with E-state index in [0.29, 0.717) is 44.1 Å². The predicted octanol–water partition coefficient (Wildman–Crippen LogP) is 2.52. The van der Waals surface area contributed by atoms with Crippen molar-refractivity contribution in [2.45, 2.75) is 6.54 Å². The lowest BCUT2D eigenvalue weighted by molar-refractivity contribution is 0.103. The number of nitrogens with one attached hydrogen (secondary N) is 2. The van der Waals surface area contributed by atoms with Crippen molar-refractivity contribution in [1.29, 1.82) is 0 Å². The first-order valence-electron chi connectivity index (χ1n) is 8.37. The van der Waals surface area contributed by atoms with Gasteiger partial charge in [-0.1, -0.05) is 12.1 Å². The van der Waals surface area contributed by atoms with Crippen LogP contribution in [0.25, 0.3) is 0 Å². The van der Waals surface area contributed by atoms with Crippen LogP contribution >= 0.6 is 0 Å². The molecular weight excluding hydrogens is 334 g/mol. The highest BCUT2D eigenvalue weighted by Crippen LogP contribution is 2.15. The van der Waals surface area contributed by atoms with Crippen LogP contribution in [0.2, 0.25) is 0 Å². The quantitative estimate of drug-likeness (QED) is 0.783. The van der Waals surface area contributed by atoms with Crippen LogP contribution in [0, 0.1) is 0 Å². The highest BCUT2D eigenvalue weighted by Gasteiger charge is 2.20. The van der Waals surface area contributed by atoms with Crippen LogP contribution in [0.4, 0.5) is 21.0 Å². The molecule has 1 aliphatic rings. The van der Waals surface area contributed by atoms with Gasteiger partial charge in [-0.15, -0.1) is 0 Å². The fourth-order valence-electron chi connectivity index (χ4n) is 2.83. The first kappa shape index (κ1) is 17.7. The molecule has 0 bridgehead atoms. The molecule has 0 spiro atoms. The van der Waals surface area contributed by atoms with E-state index in [4.69, 9.17) is 5.11 Å². The molecule has 1 aliphatic heterocycles. The van der Waals surface area contributed by atoms with Gasteiger partial charge < -0.3 is 20.6 Å². The minimum atomic E-state index is -0.865. The fourth-order valence-corrected chi connectivity index (χ4v) is 2.83. The molecule has 2 aromatic rings. The third-order valence-corrected chi connectivity index (χ3v) is 4.15. The highest BCUT2D eigenvalue weighted by molar-refractivity contribution is 5.99. The van der Waals surface area contributed by atoms with E-state index in [2.05, 4.69) is 20.5 Å². The predicted molar refractivity (Wildman–Crippen MR) is 98.2 cm³/mol. The largest absolute Gasteiger partial charge is 0.465 e. The van der Waals surface area contributed by atoms with Gasteiger partial charge in [-0.3, -0.25) is 9.88 Å². The Morgan fingerprint density at radius 1 is 1.04 bits per heavy atom. The lowest BCUT2D eigenvalue weighted by atomic mass is 10.1. The number of benzene rings is 1. The van der Waals surface area contributed by atoms with Crippen LogP contribution < -0.4 is 10.6 Å². The number of nitrogens with zero attached hydrogens (tertiary/aromatic N) is 3. The number of hydrogen-bond acceptors (Lipinski definition) is 4. The van der Waals surface area contributed by atoms with E-state index in [9.17, 15) is 9.59 Å². The standard InChI is InChI=1S/C18H21N5O3/c24-17(21-16-5-2-6-19-12-16)20-15-4-1-3-14(11-15)13-22-7-9-23(10-8-22)18(25)26/h1-6,11-12H,7-10,13H2,(H,25,26)(H2,20,21,24). The van der Waals surface area contributed by atoms with E-state index in [1.807, 2.05) is 24.3 Å². The molecule has 0 radical (unpaired) electrons. The lowest BCUT2D eigenvalue weighted by Gasteiger charge is -2.33. The number of carbonyl (C=O) groups is 2. The van der Waals surface area contributed by atoms with Gasteiger partial charge in [-0.2, -0.15) is 0 Å². The number of hydrogen-bond donors (Lipinski definition) is 3. The number of pyridine rings is 1. The molecule has 8 heteroatoms. The summed E-state index contributed by atoms with van der Waals surface area (Å²) in [6, 6.07) is 10.8. The maximum absolute atomic E-state index is 12.1. The summed E-state index contributed by atoms with van der Waals surface area (Å²) in [6.07, 6.45) is 2.35. The number of urea groups is 1. The normalized spacial score (nSPS) is 14.7. The zero-order chi connectivity index (χ0) is 18.4. The molecule has 8 nitrogen and oxygen atoms in total. The molecule has 2 heterocycles. The Balaban J connectivity index is 1.53. The molecule has 3 rings (SSSR count). The Bertz CT molecular complexity index is 760. The van der Waals surface area contributed by atoms with Crippen molar-refractivity contribution in [2.24, 2.45) is 0 Å². The van der Waals surface area contributed by atoms with Gasteiger partial charge in [0.15, 0.2) is 0 Å². The van der Waals surface area contributed by atoms with Crippen LogP contribution in [0.15, 0.2) is 48.8 Å². The first-order chi connectivity index (χ1) is 12.6. The second-order valence-electron chi connectivity index (χ2n) is 6.07. The van der Waals surface area contributed by atoms with Crippen molar-refractivity contribution >= 4 is 23.5 Å². The van der Waals surface area contributed by atoms with Gasteiger partial charge in [-0.25, -0.2) is 9.59 Å². The van der Waals surface area contributed by atoms with Gasteiger partial charge >= 0.3 is 12.1 Å². The second-order valence-corrected chi connectivity index (χ2v) is 6.07. The molecule has 136 valence electrons. The fraction of sp³-hybridized carbons (Fsp3) is 0.278. The van der Waals surface area contributed by atoms with Crippen LogP contribution in [-0.4, -0.2) is 58.2 Å². The molecule has 1 aromatic heterocycles. The first-order valence-corrected chi connectivity index (χ1v) is 8.37. The van der Waals surface area contributed by atoms with E-state index in [-0.39, 0.29) is 6.03 Å². The average molecular weight is 355 g/mol. The monoisotopic (exact) mass is 355 g/mol.